The van der Waals surface area contributed by atoms with E-state index in [-0.39, 0.29) is 5.91 Å². The van der Waals surface area contributed by atoms with E-state index in [1.54, 1.807) is 12.1 Å². The highest BCUT2D eigenvalue weighted by molar-refractivity contribution is 6.42. The van der Waals surface area contributed by atoms with Crippen LogP contribution in [0.3, 0.4) is 0 Å². The van der Waals surface area contributed by atoms with Crippen LogP contribution in [-0.4, -0.2) is 36.5 Å². The summed E-state index contributed by atoms with van der Waals surface area (Å²) in [5.41, 5.74) is 0.903. The fraction of sp³-hybridized carbons (Fsp3) is 0.462. The maximum Gasteiger partial charge on any atom is 0.227 e. The van der Waals surface area contributed by atoms with E-state index in [0.717, 1.165) is 25.2 Å². The number of benzene rings is 1. The van der Waals surface area contributed by atoms with Crippen LogP contribution in [0.25, 0.3) is 0 Å². The first kappa shape index (κ1) is 13.7. The molecule has 1 aromatic carbocycles. The first-order valence-electron chi connectivity index (χ1n) is 6.06. The highest BCUT2D eigenvalue weighted by Crippen LogP contribution is 2.23. The molecule has 98 valence electrons. The van der Waals surface area contributed by atoms with E-state index in [0.29, 0.717) is 22.5 Å². The molecule has 1 N–H and O–H groups in total. The van der Waals surface area contributed by atoms with Gasteiger partial charge in [0.2, 0.25) is 5.91 Å². The largest absolute Gasteiger partial charge is 0.337 e. The van der Waals surface area contributed by atoms with E-state index < -0.39 is 0 Å². The van der Waals surface area contributed by atoms with Gasteiger partial charge in [0.25, 0.3) is 0 Å². The standard InChI is InChI=1S/C13H16Cl2N2O/c1-2-17(10-7-16-8-10)13(18)6-9-3-4-11(14)12(15)5-9/h3-5,10,16H,2,6-8H2,1H3. The molecule has 0 bridgehead atoms. The van der Waals surface area contributed by atoms with Crippen LogP contribution in [0.15, 0.2) is 18.2 Å². The average Bonchev–Trinajstić information content (AvgIpc) is 2.28. The Morgan fingerprint density at radius 2 is 2.11 bits per heavy atom. The lowest BCUT2D eigenvalue weighted by atomic mass is 10.1. The van der Waals surface area contributed by atoms with Crippen LogP contribution in [0.1, 0.15) is 12.5 Å². The number of nitrogens with one attached hydrogen (secondary N) is 1. The van der Waals surface area contributed by atoms with Crippen molar-refractivity contribution in [3.05, 3.63) is 33.8 Å². The van der Waals surface area contributed by atoms with Crippen molar-refractivity contribution < 1.29 is 4.79 Å². The molecule has 1 saturated heterocycles. The van der Waals surface area contributed by atoms with Crippen molar-refractivity contribution in [1.29, 1.82) is 0 Å². The number of nitrogens with zero attached hydrogens (tertiary/aromatic N) is 1. The van der Waals surface area contributed by atoms with Crippen molar-refractivity contribution in [2.75, 3.05) is 19.6 Å². The van der Waals surface area contributed by atoms with Crippen molar-refractivity contribution in [1.82, 2.24) is 10.2 Å². The Hall–Kier alpha value is -0.770. The van der Waals surface area contributed by atoms with Gasteiger partial charge in [0, 0.05) is 19.6 Å². The molecule has 1 aliphatic rings. The molecule has 0 spiro atoms. The van der Waals surface area contributed by atoms with Crippen LogP contribution in [0.4, 0.5) is 0 Å². The molecule has 1 aromatic rings. The second-order valence-electron chi connectivity index (χ2n) is 4.42. The minimum absolute atomic E-state index is 0.141. The first-order valence-corrected chi connectivity index (χ1v) is 6.81. The number of carbonyl (C=O) groups excluding carboxylic acids is 1. The topological polar surface area (TPSA) is 32.3 Å². The van der Waals surface area contributed by atoms with Gasteiger partial charge >= 0.3 is 0 Å². The Morgan fingerprint density at radius 1 is 1.39 bits per heavy atom. The van der Waals surface area contributed by atoms with Crippen LogP contribution < -0.4 is 5.32 Å². The lowest BCUT2D eigenvalue weighted by Crippen LogP contribution is -2.59. The Balaban J connectivity index is 2.02. The summed E-state index contributed by atoms with van der Waals surface area (Å²) in [5.74, 6) is 0.141. The summed E-state index contributed by atoms with van der Waals surface area (Å²) in [5, 5.41) is 4.19. The van der Waals surface area contributed by atoms with E-state index in [1.807, 2.05) is 17.9 Å². The van der Waals surface area contributed by atoms with Crippen LogP contribution in [0.2, 0.25) is 10.0 Å². The lowest BCUT2D eigenvalue weighted by molar-refractivity contribution is -0.133. The molecule has 0 atom stereocenters. The number of halogens is 2. The Kier molecular flexibility index (Phi) is 4.49. The highest BCUT2D eigenvalue weighted by atomic mass is 35.5. The van der Waals surface area contributed by atoms with Gasteiger partial charge < -0.3 is 10.2 Å². The van der Waals surface area contributed by atoms with E-state index in [1.165, 1.54) is 0 Å². The molecule has 0 aromatic heterocycles. The molecule has 0 aliphatic carbocycles. The zero-order chi connectivity index (χ0) is 13.1. The van der Waals surface area contributed by atoms with Gasteiger partial charge in [-0.15, -0.1) is 0 Å². The molecule has 1 amide bonds. The second-order valence-corrected chi connectivity index (χ2v) is 5.23. The first-order chi connectivity index (χ1) is 8.61. The number of rotatable bonds is 4. The Labute approximate surface area is 117 Å². The molecule has 3 nitrogen and oxygen atoms in total. The van der Waals surface area contributed by atoms with E-state index in [2.05, 4.69) is 5.32 Å². The fourth-order valence-electron chi connectivity index (χ4n) is 2.06. The Bertz CT molecular complexity index is 447. The highest BCUT2D eigenvalue weighted by Gasteiger charge is 2.27. The van der Waals surface area contributed by atoms with E-state index in [4.69, 9.17) is 23.2 Å². The van der Waals surface area contributed by atoms with Gasteiger partial charge in [-0.2, -0.15) is 0 Å². The zero-order valence-corrected chi connectivity index (χ0v) is 11.8. The molecule has 2 rings (SSSR count). The van der Waals surface area contributed by atoms with Gasteiger partial charge in [0.1, 0.15) is 0 Å². The van der Waals surface area contributed by atoms with Crippen molar-refractivity contribution in [3.63, 3.8) is 0 Å². The summed E-state index contributed by atoms with van der Waals surface area (Å²) in [6.07, 6.45) is 0.376. The van der Waals surface area contributed by atoms with Gasteiger partial charge in [-0.1, -0.05) is 29.3 Å². The van der Waals surface area contributed by atoms with E-state index in [9.17, 15) is 4.79 Å². The number of hydrogen-bond acceptors (Lipinski definition) is 2. The monoisotopic (exact) mass is 286 g/mol. The third-order valence-corrected chi connectivity index (χ3v) is 3.94. The molecular formula is C13H16Cl2N2O. The van der Waals surface area contributed by atoms with Crippen molar-refractivity contribution in [2.24, 2.45) is 0 Å². The molecule has 1 fully saturated rings. The molecule has 1 heterocycles. The SMILES string of the molecule is CCN(C(=O)Cc1ccc(Cl)c(Cl)c1)C1CNC1. The third kappa shape index (κ3) is 2.97. The van der Waals surface area contributed by atoms with Crippen molar-refractivity contribution in [2.45, 2.75) is 19.4 Å². The maximum absolute atomic E-state index is 12.2. The fourth-order valence-corrected chi connectivity index (χ4v) is 2.38. The summed E-state index contributed by atoms with van der Waals surface area (Å²) < 4.78 is 0. The average molecular weight is 287 g/mol. The van der Waals surface area contributed by atoms with Gasteiger partial charge in [-0.05, 0) is 24.6 Å². The molecule has 1 aliphatic heterocycles. The summed E-state index contributed by atoms with van der Waals surface area (Å²) in [6, 6.07) is 5.67. The van der Waals surface area contributed by atoms with Gasteiger partial charge in [-0.25, -0.2) is 0 Å². The predicted octanol–water partition coefficient (Wildman–Crippen LogP) is 2.36. The minimum Gasteiger partial charge on any atom is -0.337 e. The predicted molar refractivity (Wildman–Crippen MR) is 74.2 cm³/mol. The van der Waals surface area contributed by atoms with Gasteiger partial charge in [-0.3, -0.25) is 4.79 Å². The molecule has 5 heteroatoms. The lowest BCUT2D eigenvalue weighted by Gasteiger charge is -2.37. The molecule has 0 unspecified atom stereocenters. The molecular weight excluding hydrogens is 271 g/mol. The number of carbonyl (C=O) groups is 1. The summed E-state index contributed by atoms with van der Waals surface area (Å²) in [6.45, 7) is 4.53. The van der Waals surface area contributed by atoms with Crippen molar-refractivity contribution >= 4 is 29.1 Å². The van der Waals surface area contributed by atoms with Crippen LogP contribution in [0.5, 0.6) is 0 Å². The van der Waals surface area contributed by atoms with Gasteiger partial charge in [0.05, 0.1) is 22.5 Å². The van der Waals surface area contributed by atoms with Gasteiger partial charge in [0.15, 0.2) is 0 Å². The van der Waals surface area contributed by atoms with Crippen LogP contribution >= 0.6 is 23.2 Å². The molecule has 0 radical (unpaired) electrons. The van der Waals surface area contributed by atoms with Crippen molar-refractivity contribution in [3.8, 4) is 0 Å². The summed E-state index contributed by atoms with van der Waals surface area (Å²) in [4.78, 5) is 14.1. The zero-order valence-electron chi connectivity index (χ0n) is 10.2. The normalized spacial score (nSPS) is 15.3. The van der Waals surface area contributed by atoms with E-state index >= 15 is 0 Å². The Morgan fingerprint density at radius 3 is 2.61 bits per heavy atom. The minimum atomic E-state index is 0.141. The summed E-state index contributed by atoms with van der Waals surface area (Å²) in [7, 11) is 0. The second kappa shape index (κ2) is 5.91. The number of likely N-dealkylation sites (N-methyl/N-ethyl adjacent to an activating group) is 1. The van der Waals surface area contributed by atoms with Crippen LogP contribution in [-0.2, 0) is 11.2 Å². The quantitative estimate of drug-likeness (QED) is 0.922. The third-order valence-electron chi connectivity index (χ3n) is 3.20. The summed E-state index contributed by atoms with van der Waals surface area (Å²) >= 11 is 11.8. The number of amides is 1. The smallest absolute Gasteiger partial charge is 0.227 e. The van der Waals surface area contributed by atoms with Crippen LogP contribution in [0, 0.1) is 0 Å². The number of hydrogen-bond donors (Lipinski definition) is 1. The molecule has 0 saturated carbocycles. The maximum atomic E-state index is 12.2. The molecule has 18 heavy (non-hydrogen) atoms.